The number of nitrogens with zero attached hydrogens (tertiary/aromatic N) is 2. The molecular formula is C12H19N3. The van der Waals surface area contributed by atoms with Crippen molar-refractivity contribution in [3.8, 4) is 0 Å². The van der Waals surface area contributed by atoms with Crippen LogP contribution in [-0.4, -0.2) is 36.1 Å². The molecule has 1 aromatic heterocycles. The van der Waals surface area contributed by atoms with Crippen LogP contribution in [0.2, 0.25) is 0 Å². The number of hydrogen-bond acceptors (Lipinski definition) is 3. The number of rotatable bonds is 2. The summed E-state index contributed by atoms with van der Waals surface area (Å²) in [6, 6.07) is 4.16. The fourth-order valence-corrected chi connectivity index (χ4v) is 1.97. The number of aromatic nitrogens is 1. The van der Waals surface area contributed by atoms with E-state index in [4.69, 9.17) is 0 Å². The molecule has 2 heterocycles. The van der Waals surface area contributed by atoms with Crippen LogP contribution in [-0.2, 0) is 6.54 Å². The first-order valence-corrected chi connectivity index (χ1v) is 5.77. The highest BCUT2D eigenvalue weighted by molar-refractivity contribution is 5.08. The van der Waals surface area contributed by atoms with Gasteiger partial charge >= 0.3 is 0 Å². The predicted octanol–water partition coefficient (Wildman–Crippen LogP) is 1.27. The molecule has 0 spiro atoms. The summed E-state index contributed by atoms with van der Waals surface area (Å²) < 4.78 is 0. The Labute approximate surface area is 91.5 Å². The van der Waals surface area contributed by atoms with Crippen molar-refractivity contribution in [1.29, 1.82) is 0 Å². The van der Waals surface area contributed by atoms with Crippen molar-refractivity contribution in [1.82, 2.24) is 15.2 Å². The topological polar surface area (TPSA) is 28.2 Å². The van der Waals surface area contributed by atoms with Crippen molar-refractivity contribution in [2.24, 2.45) is 0 Å². The summed E-state index contributed by atoms with van der Waals surface area (Å²) in [5.74, 6) is 0. The minimum atomic E-state index is 1.04. The molecule has 0 aromatic carbocycles. The molecule has 1 saturated heterocycles. The average molecular weight is 205 g/mol. The SMILES string of the molecule is c1cncc(CN2CCCCNCC2)c1. The maximum atomic E-state index is 4.15. The molecule has 0 radical (unpaired) electrons. The van der Waals surface area contributed by atoms with Gasteiger partial charge in [0.15, 0.2) is 0 Å². The Morgan fingerprint density at radius 3 is 3.13 bits per heavy atom. The zero-order valence-electron chi connectivity index (χ0n) is 9.15. The van der Waals surface area contributed by atoms with E-state index in [1.165, 1.54) is 31.5 Å². The average Bonchev–Trinajstić information content (AvgIpc) is 2.23. The van der Waals surface area contributed by atoms with Crippen LogP contribution in [0, 0.1) is 0 Å². The second-order valence-corrected chi connectivity index (χ2v) is 4.09. The third kappa shape index (κ3) is 3.61. The molecule has 15 heavy (non-hydrogen) atoms. The maximum absolute atomic E-state index is 4.15. The first-order valence-electron chi connectivity index (χ1n) is 5.77. The lowest BCUT2D eigenvalue weighted by Gasteiger charge is -2.24. The molecule has 3 heteroatoms. The molecule has 0 amide bonds. The van der Waals surface area contributed by atoms with Crippen LogP contribution >= 0.6 is 0 Å². The highest BCUT2D eigenvalue weighted by Crippen LogP contribution is 2.05. The van der Waals surface area contributed by atoms with Gasteiger partial charge in [0.05, 0.1) is 0 Å². The predicted molar refractivity (Wildman–Crippen MR) is 61.6 cm³/mol. The van der Waals surface area contributed by atoms with Crippen molar-refractivity contribution in [2.75, 3.05) is 26.2 Å². The zero-order chi connectivity index (χ0) is 10.3. The first-order chi connectivity index (χ1) is 7.45. The van der Waals surface area contributed by atoms with Gasteiger partial charge in [-0.25, -0.2) is 0 Å². The molecule has 1 N–H and O–H groups in total. The van der Waals surface area contributed by atoms with Crippen molar-refractivity contribution in [3.63, 3.8) is 0 Å². The molecular weight excluding hydrogens is 186 g/mol. The molecule has 0 unspecified atom stereocenters. The summed E-state index contributed by atoms with van der Waals surface area (Å²) in [6.45, 7) is 5.70. The third-order valence-electron chi connectivity index (χ3n) is 2.81. The summed E-state index contributed by atoms with van der Waals surface area (Å²) in [5, 5.41) is 3.45. The molecule has 0 aliphatic carbocycles. The van der Waals surface area contributed by atoms with E-state index >= 15 is 0 Å². The first kappa shape index (κ1) is 10.6. The van der Waals surface area contributed by atoms with Gasteiger partial charge in [-0.1, -0.05) is 6.07 Å². The Balaban J connectivity index is 1.86. The summed E-state index contributed by atoms with van der Waals surface area (Å²) in [6.07, 6.45) is 6.39. The largest absolute Gasteiger partial charge is 0.315 e. The van der Waals surface area contributed by atoms with Crippen LogP contribution in [0.3, 0.4) is 0 Å². The fourth-order valence-electron chi connectivity index (χ4n) is 1.97. The highest BCUT2D eigenvalue weighted by atomic mass is 15.1. The molecule has 2 rings (SSSR count). The molecule has 3 nitrogen and oxygen atoms in total. The Bertz CT molecular complexity index is 265. The minimum Gasteiger partial charge on any atom is -0.315 e. The second-order valence-electron chi connectivity index (χ2n) is 4.09. The Kier molecular flexibility index (Phi) is 4.11. The minimum absolute atomic E-state index is 1.04. The van der Waals surface area contributed by atoms with E-state index in [1.54, 1.807) is 0 Å². The van der Waals surface area contributed by atoms with Crippen molar-refractivity contribution in [2.45, 2.75) is 19.4 Å². The molecule has 0 saturated carbocycles. The fraction of sp³-hybridized carbons (Fsp3) is 0.583. The van der Waals surface area contributed by atoms with Gasteiger partial charge in [0.25, 0.3) is 0 Å². The highest BCUT2D eigenvalue weighted by Gasteiger charge is 2.07. The van der Waals surface area contributed by atoms with Gasteiger partial charge < -0.3 is 5.32 Å². The molecule has 1 aliphatic heterocycles. The lowest BCUT2D eigenvalue weighted by Crippen LogP contribution is -2.35. The Morgan fingerprint density at radius 2 is 2.27 bits per heavy atom. The van der Waals surface area contributed by atoms with Gasteiger partial charge in [0.1, 0.15) is 0 Å². The smallest absolute Gasteiger partial charge is 0.0312 e. The van der Waals surface area contributed by atoms with Gasteiger partial charge in [-0.3, -0.25) is 9.88 Å². The van der Waals surface area contributed by atoms with E-state index in [-0.39, 0.29) is 0 Å². The standard InChI is InChI=1S/C12H19N3/c1-2-8-15(9-7-13-5-1)11-12-4-3-6-14-10-12/h3-4,6,10,13H,1-2,5,7-9,11H2. The van der Waals surface area contributed by atoms with Gasteiger partial charge in [-0.15, -0.1) is 0 Å². The van der Waals surface area contributed by atoms with Gasteiger partial charge in [-0.05, 0) is 37.6 Å². The quantitative estimate of drug-likeness (QED) is 0.788. The van der Waals surface area contributed by atoms with Crippen LogP contribution < -0.4 is 5.32 Å². The van der Waals surface area contributed by atoms with E-state index in [9.17, 15) is 0 Å². The number of hydrogen-bond donors (Lipinski definition) is 1. The molecule has 1 aliphatic rings. The van der Waals surface area contributed by atoms with Crippen LogP contribution in [0.5, 0.6) is 0 Å². The van der Waals surface area contributed by atoms with Crippen molar-refractivity contribution >= 4 is 0 Å². The third-order valence-corrected chi connectivity index (χ3v) is 2.81. The molecule has 1 fully saturated rings. The number of nitrogens with one attached hydrogen (secondary N) is 1. The molecule has 0 atom stereocenters. The molecule has 0 bridgehead atoms. The van der Waals surface area contributed by atoms with Gasteiger partial charge in [0, 0.05) is 32.0 Å². The van der Waals surface area contributed by atoms with Gasteiger partial charge in [-0.2, -0.15) is 0 Å². The lowest BCUT2D eigenvalue weighted by atomic mass is 10.2. The van der Waals surface area contributed by atoms with E-state index in [1.807, 2.05) is 18.5 Å². The van der Waals surface area contributed by atoms with E-state index in [0.29, 0.717) is 0 Å². The summed E-state index contributed by atoms with van der Waals surface area (Å²) >= 11 is 0. The lowest BCUT2D eigenvalue weighted by molar-refractivity contribution is 0.247. The van der Waals surface area contributed by atoms with Gasteiger partial charge in [0.2, 0.25) is 0 Å². The maximum Gasteiger partial charge on any atom is 0.0312 e. The molecule has 1 aromatic rings. The summed E-state index contributed by atoms with van der Waals surface area (Å²) in [7, 11) is 0. The monoisotopic (exact) mass is 205 g/mol. The summed E-state index contributed by atoms with van der Waals surface area (Å²) in [4.78, 5) is 6.65. The van der Waals surface area contributed by atoms with Crippen LogP contribution in [0.4, 0.5) is 0 Å². The molecule has 82 valence electrons. The normalized spacial score (nSPS) is 19.5. The van der Waals surface area contributed by atoms with Crippen molar-refractivity contribution < 1.29 is 0 Å². The Hall–Kier alpha value is -0.930. The van der Waals surface area contributed by atoms with E-state index < -0.39 is 0 Å². The van der Waals surface area contributed by atoms with E-state index in [0.717, 1.165) is 19.6 Å². The van der Waals surface area contributed by atoms with Crippen LogP contribution in [0.25, 0.3) is 0 Å². The van der Waals surface area contributed by atoms with Crippen LogP contribution in [0.1, 0.15) is 18.4 Å². The number of pyridine rings is 1. The van der Waals surface area contributed by atoms with Crippen LogP contribution in [0.15, 0.2) is 24.5 Å². The zero-order valence-corrected chi connectivity index (χ0v) is 9.15. The Morgan fingerprint density at radius 1 is 1.27 bits per heavy atom. The summed E-state index contributed by atoms with van der Waals surface area (Å²) in [5.41, 5.74) is 1.32. The van der Waals surface area contributed by atoms with Crippen molar-refractivity contribution in [3.05, 3.63) is 30.1 Å². The second kappa shape index (κ2) is 5.83. The van der Waals surface area contributed by atoms with E-state index in [2.05, 4.69) is 21.3 Å².